The molecule has 20 heavy (non-hydrogen) atoms. The summed E-state index contributed by atoms with van der Waals surface area (Å²) in [4.78, 5) is 27.1. The first-order chi connectivity index (χ1) is 9.47. The first-order valence-electron chi connectivity index (χ1n) is 7.76. The van der Waals surface area contributed by atoms with Gasteiger partial charge in [-0.05, 0) is 39.5 Å². The third-order valence-electron chi connectivity index (χ3n) is 3.93. The molecule has 1 N–H and O–H groups in total. The van der Waals surface area contributed by atoms with E-state index in [0.717, 1.165) is 32.2 Å². The summed E-state index contributed by atoms with van der Waals surface area (Å²) in [5, 5.41) is 8.82. The summed E-state index contributed by atoms with van der Waals surface area (Å²) in [6.45, 7) is 7.12. The lowest BCUT2D eigenvalue weighted by Crippen LogP contribution is -2.52. The number of nitrogens with zero attached hydrogens (tertiary/aromatic N) is 2. The van der Waals surface area contributed by atoms with Gasteiger partial charge in [0, 0.05) is 25.2 Å². The van der Waals surface area contributed by atoms with Gasteiger partial charge in [-0.25, -0.2) is 4.79 Å². The SMILES string of the molecule is CCCC1CCCCN1C(=O)N(CCC(=O)O)C(C)C. The van der Waals surface area contributed by atoms with Crippen molar-refractivity contribution in [2.45, 2.75) is 71.4 Å². The molecule has 1 aliphatic rings. The molecule has 5 nitrogen and oxygen atoms in total. The number of amides is 2. The Morgan fingerprint density at radius 1 is 1.35 bits per heavy atom. The fourth-order valence-corrected chi connectivity index (χ4v) is 2.84. The second kappa shape index (κ2) is 8.12. The summed E-state index contributed by atoms with van der Waals surface area (Å²) in [7, 11) is 0. The van der Waals surface area contributed by atoms with E-state index in [1.54, 1.807) is 4.90 Å². The number of likely N-dealkylation sites (tertiary alicyclic amines) is 1. The highest BCUT2D eigenvalue weighted by Gasteiger charge is 2.30. The van der Waals surface area contributed by atoms with Crippen molar-refractivity contribution < 1.29 is 14.7 Å². The van der Waals surface area contributed by atoms with E-state index >= 15 is 0 Å². The molecule has 2 amide bonds. The van der Waals surface area contributed by atoms with E-state index in [2.05, 4.69) is 6.92 Å². The maximum Gasteiger partial charge on any atom is 0.320 e. The minimum absolute atomic E-state index is 0.0101. The van der Waals surface area contributed by atoms with E-state index in [1.807, 2.05) is 18.7 Å². The van der Waals surface area contributed by atoms with Crippen LogP contribution in [-0.2, 0) is 4.79 Å². The van der Waals surface area contributed by atoms with Gasteiger partial charge in [0.25, 0.3) is 0 Å². The van der Waals surface area contributed by atoms with E-state index in [4.69, 9.17) is 5.11 Å². The first kappa shape index (κ1) is 16.8. The van der Waals surface area contributed by atoms with Crippen LogP contribution >= 0.6 is 0 Å². The molecule has 0 bridgehead atoms. The van der Waals surface area contributed by atoms with Crippen molar-refractivity contribution in [2.75, 3.05) is 13.1 Å². The molecule has 0 radical (unpaired) electrons. The van der Waals surface area contributed by atoms with Crippen LogP contribution in [0.4, 0.5) is 4.79 Å². The van der Waals surface area contributed by atoms with E-state index < -0.39 is 5.97 Å². The normalized spacial score (nSPS) is 19.2. The molecule has 1 unspecified atom stereocenters. The van der Waals surface area contributed by atoms with Crippen LogP contribution < -0.4 is 0 Å². The summed E-state index contributed by atoms with van der Waals surface area (Å²) in [6, 6.07) is 0.373. The molecule has 0 aliphatic carbocycles. The number of urea groups is 1. The molecule has 1 fully saturated rings. The molecule has 116 valence electrons. The van der Waals surface area contributed by atoms with E-state index in [9.17, 15) is 9.59 Å². The predicted octanol–water partition coefficient (Wildman–Crippen LogP) is 2.95. The zero-order valence-corrected chi connectivity index (χ0v) is 13.0. The van der Waals surface area contributed by atoms with Crippen molar-refractivity contribution in [3.8, 4) is 0 Å². The van der Waals surface area contributed by atoms with Crippen molar-refractivity contribution in [3.63, 3.8) is 0 Å². The lowest BCUT2D eigenvalue weighted by Gasteiger charge is -2.40. The highest BCUT2D eigenvalue weighted by atomic mass is 16.4. The molecule has 0 aromatic heterocycles. The van der Waals surface area contributed by atoms with Crippen LogP contribution in [0.5, 0.6) is 0 Å². The van der Waals surface area contributed by atoms with Crippen molar-refractivity contribution in [2.24, 2.45) is 0 Å². The van der Waals surface area contributed by atoms with Gasteiger partial charge in [-0.15, -0.1) is 0 Å². The van der Waals surface area contributed by atoms with Crippen LogP contribution in [0.15, 0.2) is 0 Å². The third-order valence-corrected chi connectivity index (χ3v) is 3.93. The fraction of sp³-hybridized carbons (Fsp3) is 0.867. The molecule has 1 heterocycles. The largest absolute Gasteiger partial charge is 0.481 e. The lowest BCUT2D eigenvalue weighted by atomic mass is 9.98. The molecule has 0 aromatic rings. The third kappa shape index (κ3) is 4.69. The predicted molar refractivity (Wildman–Crippen MR) is 78.7 cm³/mol. The van der Waals surface area contributed by atoms with E-state index in [0.29, 0.717) is 12.6 Å². The van der Waals surface area contributed by atoms with Crippen LogP contribution in [0.2, 0.25) is 0 Å². The zero-order chi connectivity index (χ0) is 15.1. The van der Waals surface area contributed by atoms with Gasteiger partial charge >= 0.3 is 12.0 Å². The van der Waals surface area contributed by atoms with Crippen molar-refractivity contribution in [1.29, 1.82) is 0 Å². The maximum atomic E-state index is 12.7. The Labute approximate surface area is 121 Å². The summed E-state index contributed by atoms with van der Waals surface area (Å²) in [6.07, 6.45) is 5.44. The van der Waals surface area contributed by atoms with Gasteiger partial charge in [0.1, 0.15) is 0 Å². The Hall–Kier alpha value is -1.26. The van der Waals surface area contributed by atoms with Crippen molar-refractivity contribution in [1.82, 2.24) is 9.80 Å². The molecule has 1 saturated heterocycles. The van der Waals surface area contributed by atoms with Gasteiger partial charge < -0.3 is 14.9 Å². The van der Waals surface area contributed by atoms with Gasteiger partial charge in [0.15, 0.2) is 0 Å². The number of hydrogen-bond donors (Lipinski definition) is 1. The van der Waals surface area contributed by atoms with Gasteiger partial charge in [-0.3, -0.25) is 4.79 Å². The highest BCUT2D eigenvalue weighted by molar-refractivity contribution is 5.76. The summed E-state index contributed by atoms with van der Waals surface area (Å²) in [5.74, 6) is -0.854. The van der Waals surface area contributed by atoms with Crippen LogP contribution in [-0.4, -0.2) is 52.1 Å². The van der Waals surface area contributed by atoms with Crippen molar-refractivity contribution in [3.05, 3.63) is 0 Å². The average molecular weight is 284 g/mol. The zero-order valence-electron chi connectivity index (χ0n) is 13.0. The Morgan fingerprint density at radius 3 is 2.60 bits per heavy atom. The minimum Gasteiger partial charge on any atom is -0.481 e. The summed E-state index contributed by atoms with van der Waals surface area (Å²) >= 11 is 0. The number of carboxylic acid groups (broad SMARTS) is 1. The number of rotatable bonds is 6. The Balaban J connectivity index is 2.72. The smallest absolute Gasteiger partial charge is 0.320 e. The first-order valence-corrected chi connectivity index (χ1v) is 7.76. The summed E-state index contributed by atoms with van der Waals surface area (Å²) in [5.41, 5.74) is 0. The molecule has 0 saturated carbocycles. The van der Waals surface area contributed by atoms with Crippen LogP contribution in [0.1, 0.15) is 59.3 Å². The Morgan fingerprint density at radius 2 is 2.05 bits per heavy atom. The number of piperidine rings is 1. The average Bonchev–Trinajstić information content (AvgIpc) is 2.39. The van der Waals surface area contributed by atoms with Gasteiger partial charge in [0.05, 0.1) is 6.42 Å². The molecule has 1 aliphatic heterocycles. The standard InChI is InChI=1S/C15H28N2O3/c1-4-7-13-8-5-6-10-17(13)15(20)16(12(2)3)11-9-14(18)19/h12-13H,4-11H2,1-3H3,(H,18,19). The van der Waals surface area contributed by atoms with Crippen molar-refractivity contribution >= 4 is 12.0 Å². The number of aliphatic carboxylic acids is 1. The molecule has 0 spiro atoms. The topological polar surface area (TPSA) is 60.9 Å². The van der Waals surface area contributed by atoms with Crippen LogP contribution in [0, 0.1) is 0 Å². The number of hydrogen-bond acceptors (Lipinski definition) is 2. The van der Waals surface area contributed by atoms with Crippen LogP contribution in [0.3, 0.4) is 0 Å². The quantitative estimate of drug-likeness (QED) is 0.815. The summed E-state index contributed by atoms with van der Waals surface area (Å²) < 4.78 is 0. The van der Waals surface area contributed by atoms with Gasteiger partial charge in [-0.2, -0.15) is 0 Å². The number of carbonyl (C=O) groups excluding carboxylic acids is 1. The molecular formula is C15H28N2O3. The molecule has 0 aromatic carbocycles. The maximum absolute atomic E-state index is 12.7. The van der Waals surface area contributed by atoms with Gasteiger partial charge in [0.2, 0.25) is 0 Å². The Kier molecular flexibility index (Phi) is 6.82. The van der Waals surface area contributed by atoms with Crippen LogP contribution in [0.25, 0.3) is 0 Å². The molecule has 5 heteroatoms. The van der Waals surface area contributed by atoms with Gasteiger partial charge in [-0.1, -0.05) is 13.3 Å². The fourth-order valence-electron chi connectivity index (χ4n) is 2.84. The number of carbonyl (C=O) groups is 2. The monoisotopic (exact) mass is 284 g/mol. The second-order valence-electron chi connectivity index (χ2n) is 5.85. The second-order valence-corrected chi connectivity index (χ2v) is 5.85. The number of carboxylic acids is 1. The minimum atomic E-state index is -0.854. The molecule has 1 rings (SSSR count). The lowest BCUT2D eigenvalue weighted by molar-refractivity contribution is -0.137. The molecule has 1 atom stereocenters. The van der Waals surface area contributed by atoms with E-state index in [-0.39, 0.29) is 18.5 Å². The Bertz CT molecular complexity index is 329. The molecular weight excluding hydrogens is 256 g/mol. The van der Waals surface area contributed by atoms with E-state index in [1.165, 1.54) is 6.42 Å². The highest BCUT2D eigenvalue weighted by Crippen LogP contribution is 2.23.